The maximum absolute atomic E-state index is 11.7. The molecule has 19 heavy (non-hydrogen) atoms. The van der Waals surface area contributed by atoms with Crippen molar-refractivity contribution in [3.8, 4) is 0 Å². The minimum atomic E-state index is 0.0211. The number of hydrogen-bond acceptors (Lipinski definition) is 3. The van der Waals surface area contributed by atoms with E-state index in [1.165, 1.54) is 18.9 Å². The molecule has 0 aliphatic heterocycles. The van der Waals surface area contributed by atoms with Crippen molar-refractivity contribution >= 4 is 5.69 Å². The molecule has 0 unspecified atom stereocenters. The van der Waals surface area contributed by atoms with Crippen molar-refractivity contribution in [3.05, 3.63) is 28.7 Å². The van der Waals surface area contributed by atoms with E-state index in [0.29, 0.717) is 12.2 Å². The van der Waals surface area contributed by atoms with E-state index in [0.717, 1.165) is 25.6 Å². The molecule has 1 heterocycles. The third-order valence-electron chi connectivity index (χ3n) is 3.78. The summed E-state index contributed by atoms with van der Waals surface area (Å²) in [4.78, 5) is 14.1. The second kappa shape index (κ2) is 8.00. The van der Waals surface area contributed by atoms with E-state index in [1.54, 1.807) is 16.8 Å². The summed E-state index contributed by atoms with van der Waals surface area (Å²) < 4.78 is 1.70. The normalized spacial score (nSPS) is 11.4. The van der Waals surface area contributed by atoms with Crippen LogP contribution in [0.2, 0.25) is 0 Å². The number of aromatic nitrogens is 1. The number of rotatable bonds is 8. The second-order valence-corrected chi connectivity index (χ2v) is 5.07. The highest BCUT2D eigenvalue weighted by molar-refractivity contribution is 5.33. The fourth-order valence-electron chi connectivity index (χ4n) is 2.26. The first-order valence-electron chi connectivity index (χ1n) is 7.28. The Morgan fingerprint density at radius 1 is 1.26 bits per heavy atom. The van der Waals surface area contributed by atoms with Crippen LogP contribution in [0.5, 0.6) is 0 Å². The Morgan fingerprint density at radius 2 is 1.95 bits per heavy atom. The van der Waals surface area contributed by atoms with E-state index in [9.17, 15) is 4.79 Å². The zero-order valence-corrected chi connectivity index (χ0v) is 12.4. The molecular weight excluding hydrogens is 238 g/mol. The van der Waals surface area contributed by atoms with Crippen LogP contribution in [0.4, 0.5) is 5.69 Å². The molecule has 0 aromatic carbocycles. The van der Waals surface area contributed by atoms with Crippen molar-refractivity contribution in [2.24, 2.45) is 5.92 Å². The highest BCUT2D eigenvalue weighted by atomic mass is 16.1. The van der Waals surface area contributed by atoms with E-state index >= 15 is 0 Å². The average molecular weight is 265 g/mol. The van der Waals surface area contributed by atoms with Crippen LogP contribution in [0.1, 0.15) is 33.6 Å². The van der Waals surface area contributed by atoms with Gasteiger partial charge in [-0.05, 0) is 18.5 Å². The summed E-state index contributed by atoms with van der Waals surface area (Å²) >= 11 is 0. The van der Waals surface area contributed by atoms with Crippen molar-refractivity contribution in [3.63, 3.8) is 0 Å². The van der Waals surface area contributed by atoms with Gasteiger partial charge in [-0.1, -0.05) is 33.6 Å². The van der Waals surface area contributed by atoms with Crippen LogP contribution in [0.25, 0.3) is 0 Å². The number of nitrogen functional groups attached to an aromatic ring is 1. The summed E-state index contributed by atoms with van der Waals surface area (Å²) in [7, 11) is 0. The Balaban J connectivity index is 2.57. The van der Waals surface area contributed by atoms with E-state index in [2.05, 4.69) is 25.7 Å². The van der Waals surface area contributed by atoms with Crippen LogP contribution in [0.15, 0.2) is 23.1 Å². The Hall–Kier alpha value is -1.29. The third-order valence-corrected chi connectivity index (χ3v) is 3.78. The van der Waals surface area contributed by atoms with Crippen LogP contribution in [-0.2, 0) is 6.54 Å². The van der Waals surface area contributed by atoms with Gasteiger partial charge in [-0.15, -0.1) is 0 Å². The van der Waals surface area contributed by atoms with Crippen molar-refractivity contribution in [2.75, 3.05) is 25.4 Å². The predicted octanol–water partition coefficient (Wildman–Crippen LogP) is 2.19. The first kappa shape index (κ1) is 15.8. The number of nitrogens with two attached hydrogens (primary N) is 1. The van der Waals surface area contributed by atoms with Gasteiger partial charge in [-0.2, -0.15) is 0 Å². The second-order valence-electron chi connectivity index (χ2n) is 5.07. The number of hydrogen-bond donors (Lipinski definition) is 1. The fraction of sp³-hybridized carbons (Fsp3) is 0.667. The minimum absolute atomic E-state index is 0.0211. The zero-order chi connectivity index (χ0) is 14.3. The van der Waals surface area contributed by atoms with E-state index in [1.807, 2.05) is 0 Å². The molecule has 0 radical (unpaired) electrons. The molecule has 4 heteroatoms. The molecule has 0 atom stereocenters. The number of nitrogens with zero attached hydrogens (tertiary/aromatic N) is 2. The summed E-state index contributed by atoms with van der Waals surface area (Å²) in [6, 6.07) is 3.19. The Morgan fingerprint density at radius 3 is 2.53 bits per heavy atom. The van der Waals surface area contributed by atoms with Gasteiger partial charge in [0, 0.05) is 37.6 Å². The Bertz CT molecular complexity index is 424. The minimum Gasteiger partial charge on any atom is -0.398 e. The lowest BCUT2D eigenvalue weighted by Crippen LogP contribution is -2.34. The summed E-state index contributed by atoms with van der Waals surface area (Å²) in [6.07, 6.45) is 4.16. The lowest BCUT2D eigenvalue weighted by molar-refractivity contribution is 0.225. The van der Waals surface area contributed by atoms with Crippen LogP contribution in [-0.4, -0.2) is 29.1 Å². The molecule has 0 bridgehead atoms. The maximum Gasteiger partial charge on any atom is 0.250 e. The van der Waals surface area contributed by atoms with Crippen LogP contribution >= 0.6 is 0 Å². The molecule has 1 aromatic rings. The molecule has 0 spiro atoms. The third kappa shape index (κ3) is 5.07. The van der Waals surface area contributed by atoms with Crippen molar-refractivity contribution < 1.29 is 0 Å². The molecular formula is C15H27N3O. The average Bonchev–Trinajstić information content (AvgIpc) is 2.43. The lowest BCUT2D eigenvalue weighted by atomic mass is 10.0. The summed E-state index contributed by atoms with van der Waals surface area (Å²) in [6.45, 7) is 10.4. The maximum atomic E-state index is 11.7. The highest BCUT2D eigenvalue weighted by Crippen LogP contribution is 2.09. The van der Waals surface area contributed by atoms with Crippen molar-refractivity contribution in [1.29, 1.82) is 0 Å². The van der Waals surface area contributed by atoms with Gasteiger partial charge < -0.3 is 15.2 Å². The van der Waals surface area contributed by atoms with Gasteiger partial charge in [0.15, 0.2) is 0 Å². The SMILES string of the molecule is CCC(CC)CN(CC)CCn1cc(N)ccc1=O. The Labute approximate surface area is 116 Å². The number of anilines is 1. The quantitative estimate of drug-likeness (QED) is 0.784. The van der Waals surface area contributed by atoms with Gasteiger partial charge in [0.2, 0.25) is 0 Å². The summed E-state index contributed by atoms with van der Waals surface area (Å²) in [5.74, 6) is 0.748. The van der Waals surface area contributed by atoms with Gasteiger partial charge in [0.05, 0.1) is 0 Å². The molecule has 0 saturated heterocycles. The van der Waals surface area contributed by atoms with Crippen LogP contribution < -0.4 is 11.3 Å². The van der Waals surface area contributed by atoms with Crippen LogP contribution in [0, 0.1) is 5.92 Å². The lowest BCUT2D eigenvalue weighted by Gasteiger charge is -2.25. The molecule has 0 amide bonds. The van der Waals surface area contributed by atoms with Gasteiger partial charge in [-0.25, -0.2) is 0 Å². The van der Waals surface area contributed by atoms with Gasteiger partial charge >= 0.3 is 0 Å². The number of pyridine rings is 1. The molecule has 1 aromatic heterocycles. The van der Waals surface area contributed by atoms with Gasteiger partial charge in [0.25, 0.3) is 5.56 Å². The molecule has 108 valence electrons. The molecule has 0 aliphatic rings. The van der Waals surface area contributed by atoms with Crippen LogP contribution in [0.3, 0.4) is 0 Å². The highest BCUT2D eigenvalue weighted by Gasteiger charge is 2.10. The van der Waals surface area contributed by atoms with Crippen molar-refractivity contribution in [2.45, 2.75) is 40.2 Å². The van der Waals surface area contributed by atoms with Gasteiger partial charge in [-0.3, -0.25) is 4.79 Å². The molecule has 4 nitrogen and oxygen atoms in total. The first-order chi connectivity index (χ1) is 9.10. The molecule has 0 fully saturated rings. The fourth-order valence-corrected chi connectivity index (χ4v) is 2.26. The zero-order valence-electron chi connectivity index (χ0n) is 12.4. The monoisotopic (exact) mass is 265 g/mol. The van der Waals surface area contributed by atoms with E-state index in [4.69, 9.17) is 5.73 Å². The standard InChI is InChI=1S/C15H27N3O/c1-4-13(5-2)11-17(6-3)9-10-18-12-14(16)7-8-15(18)19/h7-8,12-13H,4-6,9-11,16H2,1-3H3. The first-order valence-corrected chi connectivity index (χ1v) is 7.28. The molecule has 0 saturated carbocycles. The Kier molecular flexibility index (Phi) is 6.64. The van der Waals surface area contributed by atoms with Gasteiger partial charge in [0.1, 0.15) is 0 Å². The summed E-state index contributed by atoms with van der Waals surface area (Å²) in [5.41, 5.74) is 6.38. The molecule has 0 aliphatic carbocycles. The summed E-state index contributed by atoms with van der Waals surface area (Å²) in [5, 5.41) is 0. The smallest absolute Gasteiger partial charge is 0.250 e. The van der Waals surface area contributed by atoms with Crippen molar-refractivity contribution in [1.82, 2.24) is 9.47 Å². The van der Waals surface area contributed by atoms with E-state index in [-0.39, 0.29) is 5.56 Å². The predicted molar refractivity (Wildman–Crippen MR) is 81.3 cm³/mol. The molecule has 2 N–H and O–H groups in total. The number of likely N-dealkylation sites (N-methyl/N-ethyl adjacent to an activating group) is 1. The molecule has 1 rings (SSSR count). The topological polar surface area (TPSA) is 51.3 Å². The largest absolute Gasteiger partial charge is 0.398 e. The van der Waals surface area contributed by atoms with E-state index < -0.39 is 0 Å².